The molecule has 2 rings (SSSR count). The number of rotatable bonds is 4. The lowest BCUT2D eigenvalue weighted by Gasteiger charge is -2.05. The second-order valence-corrected chi connectivity index (χ2v) is 3.71. The molecule has 1 N–H and O–H groups in total. The number of aromatic carboxylic acids is 1. The number of hydrogen-bond donors (Lipinski definition) is 1. The van der Waals surface area contributed by atoms with Gasteiger partial charge in [0.05, 0.1) is 4.92 Å². The van der Waals surface area contributed by atoms with Crippen molar-refractivity contribution in [3.8, 4) is 11.7 Å². The number of nitro groups is 1. The van der Waals surface area contributed by atoms with Crippen molar-refractivity contribution in [3.63, 3.8) is 0 Å². The molecule has 98 valence electrons. The van der Waals surface area contributed by atoms with Gasteiger partial charge in [-0.25, -0.2) is 4.79 Å². The molecule has 0 aliphatic rings. The van der Waals surface area contributed by atoms with Gasteiger partial charge in [-0.3, -0.25) is 10.1 Å². The number of carboxylic acid groups (broad SMARTS) is 1. The highest BCUT2D eigenvalue weighted by molar-refractivity contribution is 5.84. The highest BCUT2D eigenvalue weighted by Gasteiger charge is 2.19. The molecule has 0 aliphatic carbocycles. The number of carbonyl (C=O) groups is 1. The number of furan rings is 1. The van der Waals surface area contributed by atoms with Crippen molar-refractivity contribution in [2.24, 2.45) is 0 Å². The monoisotopic (exact) mass is 263 g/mol. The van der Waals surface area contributed by atoms with Gasteiger partial charge in [0, 0.05) is 12.1 Å². The molecular formula is C12H9NO6. The van der Waals surface area contributed by atoms with E-state index in [4.69, 9.17) is 14.3 Å². The molecule has 0 spiro atoms. The van der Waals surface area contributed by atoms with Crippen LogP contribution in [-0.4, -0.2) is 16.0 Å². The molecule has 0 amide bonds. The first kappa shape index (κ1) is 12.6. The van der Waals surface area contributed by atoms with Gasteiger partial charge in [0.2, 0.25) is 11.5 Å². The van der Waals surface area contributed by atoms with E-state index in [1.54, 1.807) is 13.0 Å². The molecule has 1 heterocycles. The molecule has 0 unspecified atom stereocenters. The molecule has 7 nitrogen and oxygen atoms in total. The minimum Gasteiger partial charge on any atom is -0.475 e. The Morgan fingerprint density at radius 1 is 1.37 bits per heavy atom. The number of para-hydroxylation sites is 1. The Morgan fingerprint density at radius 3 is 2.68 bits per heavy atom. The molecule has 7 heteroatoms. The van der Waals surface area contributed by atoms with Crippen LogP contribution in [0.2, 0.25) is 0 Å². The summed E-state index contributed by atoms with van der Waals surface area (Å²) in [4.78, 5) is 20.9. The lowest BCUT2D eigenvalue weighted by molar-refractivity contribution is -0.385. The maximum absolute atomic E-state index is 10.9. The Labute approximate surface area is 107 Å². The third kappa shape index (κ3) is 2.54. The van der Waals surface area contributed by atoms with Crippen LogP contribution in [0.15, 0.2) is 34.7 Å². The van der Waals surface area contributed by atoms with Gasteiger partial charge in [0.15, 0.2) is 0 Å². The average Bonchev–Trinajstić information content (AvgIpc) is 2.80. The smallest absolute Gasteiger partial charge is 0.371 e. The van der Waals surface area contributed by atoms with E-state index in [9.17, 15) is 14.9 Å². The number of benzene rings is 1. The lowest BCUT2D eigenvalue weighted by atomic mass is 10.2. The van der Waals surface area contributed by atoms with Gasteiger partial charge in [-0.05, 0) is 18.6 Å². The van der Waals surface area contributed by atoms with Crippen molar-refractivity contribution >= 4 is 11.7 Å². The standard InChI is InChI=1S/C12H9NO6/c1-7-3-2-4-8(13(16)17)11(7)19-10-6-5-9(18-10)12(14)15/h2-6H,1H3,(H,14,15). The van der Waals surface area contributed by atoms with Crippen LogP contribution in [0.3, 0.4) is 0 Å². The Morgan fingerprint density at radius 2 is 2.11 bits per heavy atom. The fourth-order valence-electron chi connectivity index (χ4n) is 1.50. The van der Waals surface area contributed by atoms with Gasteiger partial charge in [0.1, 0.15) is 0 Å². The Bertz CT molecular complexity index is 645. The second kappa shape index (κ2) is 4.81. The minimum absolute atomic E-state index is 0.0267. The number of ether oxygens (including phenoxy) is 1. The van der Waals surface area contributed by atoms with Crippen LogP contribution in [0, 0.1) is 17.0 Å². The van der Waals surface area contributed by atoms with Crippen LogP contribution >= 0.6 is 0 Å². The predicted molar refractivity (Wildman–Crippen MR) is 63.6 cm³/mol. The zero-order valence-corrected chi connectivity index (χ0v) is 9.82. The second-order valence-electron chi connectivity index (χ2n) is 3.71. The summed E-state index contributed by atoms with van der Waals surface area (Å²) in [6, 6.07) is 6.97. The summed E-state index contributed by atoms with van der Waals surface area (Å²) in [5.74, 6) is -1.63. The van der Waals surface area contributed by atoms with E-state index in [-0.39, 0.29) is 23.1 Å². The third-order valence-corrected chi connectivity index (χ3v) is 2.38. The third-order valence-electron chi connectivity index (χ3n) is 2.38. The molecule has 0 bridgehead atoms. The maximum atomic E-state index is 10.9. The maximum Gasteiger partial charge on any atom is 0.371 e. The van der Waals surface area contributed by atoms with E-state index in [0.29, 0.717) is 5.56 Å². The van der Waals surface area contributed by atoms with Gasteiger partial charge < -0.3 is 14.3 Å². The number of nitro benzene ring substituents is 1. The van der Waals surface area contributed by atoms with Crippen LogP contribution in [0.25, 0.3) is 0 Å². The Hall–Kier alpha value is -2.83. The minimum atomic E-state index is -1.24. The molecule has 1 aromatic heterocycles. The fourth-order valence-corrected chi connectivity index (χ4v) is 1.50. The van der Waals surface area contributed by atoms with E-state index in [1.807, 2.05) is 0 Å². The van der Waals surface area contributed by atoms with Crippen molar-refractivity contribution in [3.05, 3.63) is 51.8 Å². The van der Waals surface area contributed by atoms with Crippen LogP contribution in [0.1, 0.15) is 16.1 Å². The van der Waals surface area contributed by atoms with E-state index >= 15 is 0 Å². The summed E-state index contributed by atoms with van der Waals surface area (Å²) in [5, 5.41) is 19.6. The largest absolute Gasteiger partial charge is 0.475 e. The molecular weight excluding hydrogens is 254 g/mol. The summed E-state index contributed by atoms with van der Waals surface area (Å²) >= 11 is 0. The fraction of sp³-hybridized carbons (Fsp3) is 0.0833. The van der Waals surface area contributed by atoms with E-state index in [1.165, 1.54) is 24.3 Å². The zero-order valence-electron chi connectivity index (χ0n) is 9.82. The van der Waals surface area contributed by atoms with Crippen molar-refractivity contribution in [2.75, 3.05) is 0 Å². The van der Waals surface area contributed by atoms with Crippen molar-refractivity contribution < 1.29 is 24.0 Å². The molecule has 0 atom stereocenters. The summed E-state index contributed by atoms with van der Waals surface area (Å²) < 4.78 is 10.2. The molecule has 0 aliphatic heterocycles. The lowest BCUT2D eigenvalue weighted by Crippen LogP contribution is -1.95. The van der Waals surface area contributed by atoms with Crippen LogP contribution in [0.5, 0.6) is 11.7 Å². The van der Waals surface area contributed by atoms with E-state index < -0.39 is 10.9 Å². The van der Waals surface area contributed by atoms with E-state index in [2.05, 4.69) is 0 Å². The molecule has 0 fully saturated rings. The van der Waals surface area contributed by atoms with Crippen LogP contribution in [0.4, 0.5) is 5.69 Å². The molecule has 0 radical (unpaired) electrons. The summed E-state index contributed by atoms with van der Waals surface area (Å²) in [7, 11) is 0. The van der Waals surface area contributed by atoms with Gasteiger partial charge in [-0.1, -0.05) is 12.1 Å². The molecule has 1 aromatic carbocycles. The summed E-state index contributed by atoms with van der Waals surface area (Å²) in [6.07, 6.45) is 0. The van der Waals surface area contributed by atoms with Crippen LogP contribution in [-0.2, 0) is 0 Å². The molecule has 19 heavy (non-hydrogen) atoms. The highest BCUT2D eigenvalue weighted by atomic mass is 16.6. The summed E-state index contributed by atoms with van der Waals surface area (Å²) in [5.41, 5.74) is 0.329. The van der Waals surface area contributed by atoms with Gasteiger partial charge in [-0.15, -0.1) is 0 Å². The number of carboxylic acids is 1. The number of hydrogen-bond acceptors (Lipinski definition) is 5. The predicted octanol–water partition coefficient (Wildman–Crippen LogP) is 2.99. The normalized spacial score (nSPS) is 10.2. The zero-order chi connectivity index (χ0) is 14.0. The van der Waals surface area contributed by atoms with Gasteiger partial charge in [-0.2, -0.15) is 0 Å². The van der Waals surface area contributed by atoms with Crippen molar-refractivity contribution in [2.45, 2.75) is 6.92 Å². The first-order valence-electron chi connectivity index (χ1n) is 5.24. The molecule has 0 saturated heterocycles. The Kier molecular flexibility index (Phi) is 3.19. The average molecular weight is 263 g/mol. The molecule has 2 aromatic rings. The Balaban J connectivity index is 2.37. The van der Waals surface area contributed by atoms with Crippen LogP contribution < -0.4 is 4.74 Å². The van der Waals surface area contributed by atoms with Gasteiger partial charge in [0.25, 0.3) is 5.95 Å². The van der Waals surface area contributed by atoms with Crippen molar-refractivity contribution in [1.82, 2.24) is 0 Å². The van der Waals surface area contributed by atoms with Crippen molar-refractivity contribution in [1.29, 1.82) is 0 Å². The quantitative estimate of drug-likeness (QED) is 0.671. The first-order chi connectivity index (χ1) is 8.99. The van der Waals surface area contributed by atoms with Gasteiger partial charge >= 0.3 is 11.7 Å². The van der Waals surface area contributed by atoms with E-state index in [0.717, 1.165) is 0 Å². The SMILES string of the molecule is Cc1cccc([N+](=O)[O-])c1Oc1ccc(C(=O)O)o1. The molecule has 0 saturated carbocycles. The topological polar surface area (TPSA) is 103 Å². The number of nitrogens with zero attached hydrogens (tertiary/aromatic N) is 1. The number of aryl methyl sites for hydroxylation is 1. The first-order valence-corrected chi connectivity index (χ1v) is 5.24. The summed E-state index contributed by atoms with van der Waals surface area (Å²) in [6.45, 7) is 1.64. The highest BCUT2D eigenvalue weighted by Crippen LogP contribution is 2.34.